The van der Waals surface area contributed by atoms with Crippen LogP contribution in [0, 0.1) is 28.7 Å². The van der Waals surface area contributed by atoms with E-state index in [0.29, 0.717) is 17.1 Å². The van der Waals surface area contributed by atoms with Crippen molar-refractivity contribution in [3.05, 3.63) is 93.5 Å². The molecule has 6 aromatic rings. The van der Waals surface area contributed by atoms with Crippen LogP contribution in [0.2, 0.25) is 10.0 Å². The van der Waals surface area contributed by atoms with Crippen molar-refractivity contribution in [1.29, 1.82) is 0 Å². The van der Waals surface area contributed by atoms with Crippen LogP contribution in [0.1, 0.15) is 46.5 Å². The van der Waals surface area contributed by atoms with Gasteiger partial charge >= 0.3 is 11.9 Å². The van der Waals surface area contributed by atoms with Crippen molar-refractivity contribution in [2.24, 2.45) is 12.5 Å². The number of nitrogens with zero attached hydrogens (tertiary/aromatic N) is 4. The maximum absolute atomic E-state index is 15.5. The number of hydrogen-bond acceptors (Lipinski definition) is 11. The smallest absolute Gasteiger partial charge is 0.358 e. The lowest BCUT2D eigenvalue weighted by Gasteiger charge is -2.18. The van der Waals surface area contributed by atoms with Crippen molar-refractivity contribution < 1.29 is 51.0 Å². The van der Waals surface area contributed by atoms with Crippen LogP contribution >= 0.6 is 23.2 Å². The van der Waals surface area contributed by atoms with Crippen molar-refractivity contribution in [2.75, 3.05) is 39.4 Å². The Bertz CT molecular complexity index is 2590. The summed E-state index contributed by atoms with van der Waals surface area (Å²) in [7, 11) is 5.36. The Morgan fingerprint density at radius 3 is 1.55 bits per heavy atom. The highest BCUT2D eigenvalue weighted by molar-refractivity contribution is 6.36. The Labute approximate surface area is 338 Å². The van der Waals surface area contributed by atoms with Crippen LogP contribution in [0.4, 0.5) is 28.9 Å². The van der Waals surface area contributed by atoms with Gasteiger partial charge < -0.3 is 35.0 Å². The average Bonchev–Trinajstić information content (AvgIpc) is 3.81. The van der Waals surface area contributed by atoms with Gasteiger partial charge in [-0.3, -0.25) is 9.36 Å². The van der Waals surface area contributed by atoms with Crippen LogP contribution in [0.3, 0.4) is 0 Å². The Morgan fingerprint density at radius 1 is 0.724 bits per heavy atom. The van der Waals surface area contributed by atoms with Gasteiger partial charge in [0.15, 0.2) is 34.7 Å². The molecule has 0 aliphatic heterocycles. The van der Waals surface area contributed by atoms with E-state index in [9.17, 15) is 32.3 Å². The number of nitrogen functional groups attached to an aromatic ring is 2. The van der Waals surface area contributed by atoms with Crippen molar-refractivity contribution in [3.8, 4) is 22.5 Å². The molecule has 0 saturated heterocycles. The molecule has 0 atom stereocenters. The Morgan fingerprint density at radius 2 is 1.16 bits per heavy atom. The minimum atomic E-state index is -1.08. The van der Waals surface area contributed by atoms with Gasteiger partial charge in [-0.1, -0.05) is 56.1 Å². The second-order valence-corrected chi connectivity index (χ2v) is 14.0. The molecule has 0 saturated carbocycles. The van der Waals surface area contributed by atoms with Crippen molar-refractivity contribution in [3.63, 3.8) is 0 Å². The van der Waals surface area contributed by atoms with Gasteiger partial charge in [-0.05, 0) is 24.3 Å². The standard InChI is InChI=1S/C20H18ClF2N3O3.C16H12ClF2N3O2.C3H6O2/c1-20(2,3)19(28)26-8-7-9-5-6-10(12(22)17(9)26)15-13(23)14(24)11(21)16(25-15)18(27)29-4;1-22-6-5-7-3-4-8(10(18)15(7)22)13-11(19)12(20)9(17)14(21-13)16(23)24-2;1-5-3-2-4/h5-8H,1-4H3,(H2,24,25);3-6H,1-2H3,(H2,20,21);2H,3H2,1H3. The number of aromatic nitrogens is 4. The van der Waals surface area contributed by atoms with Gasteiger partial charge in [0.05, 0.1) is 46.7 Å². The van der Waals surface area contributed by atoms with E-state index in [-0.39, 0.29) is 45.4 Å². The van der Waals surface area contributed by atoms with Crippen molar-refractivity contribution in [1.82, 2.24) is 19.1 Å². The molecule has 0 unspecified atom stereocenters. The molecular formula is C39H36Cl2F4N6O7. The molecule has 0 spiro atoms. The summed E-state index contributed by atoms with van der Waals surface area (Å²) in [6.45, 7) is 5.31. The Hall–Kier alpha value is -6.04. The third-order valence-corrected chi connectivity index (χ3v) is 9.12. The number of benzene rings is 2. The number of anilines is 2. The molecular weight excluding hydrogens is 811 g/mol. The lowest BCUT2D eigenvalue weighted by molar-refractivity contribution is -0.110. The summed E-state index contributed by atoms with van der Waals surface area (Å²) in [5.74, 6) is -5.83. The van der Waals surface area contributed by atoms with Crippen molar-refractivity contribution >= 4 is 80.5 Å². The summed E-state index contributed by atoms with van der Waals surface area (Å²) in [6, 6.07) is 9.11. The van der Waals surface area contributed by atoms with E-state index in [4.69, 9.17) is 34.7 Å². The summed E-state index contributed by atoms with van der Waals surface area (Å²) < 4.78 is 75.8. The van der Waals surface area contributed by atoms with E-state index in [2.05, 4.69) is 24.2 Å². The van der Waals surface area contributed by atoms with Gasteiger partial charge in [0.2, 0.25) is 5.91 Å². The van der Waals surface area contributed by atoms with Crippen LogP contribution in [-0.4, -0.2) is 71.2 Å². The largest absolute Gasteiger partial charge is 0.464 e. The molecule has 4 aromatic heterocycles. The zero-order valence-corrected chi connectivity index (χ0v) is 33.5. The third kappa shape index (κ3) is 8.61. The fourth-order valence-corrected chi connectivity index (χ4v) is 5.84. The molecule has 306 valence electrons. The predicted octanol–water partition coefficient (Wildman–Crippen LogP) is 8.06. The molecule has 13 nitrogen and oxygen atoms in total. The number of halogens is 6. The molecule has 0 amide bonds. The predicted molar refractivity (Wildman–Crippen MR) is 211 cm³/mol. The molecule has 0 radical (unpaired) electrons. The summed E-state index contributed by atoms with van der Waals surface area (Å²) >= 11 is 11.7. The summed E-state index contributed by atoms with van der Waals surface area (Å²) in [6.07, 6.45) is 3.84. The van der Waals surface area contributed by atoms with E-state index in [1.807, 2.05) is 0 Å². The van der Waals surface area contributed by atoms with Gasteiger partial charge in [0.1, 0.15) is 24.3 Å². The first-order valence-corrected chi connectivity index (χ1v) is 17.5. The van der Waals surface area contributed by atoms with Gasteiger partial charge in [0.25, 0.3) is 0 Å². The highest BCUT2D eigenvalue weighted by Crippen LogP contribution is 2.38. The highest BCUT2D eigenvalue weighted by atomic mass is 35.5. The number of aryl methyl sites for hydroxylation is 1. The molecule has 6 rings (SSSR count). The fourth-order valence-electron chi connectivity index (χ4n) is 5.44. The Balaban J connectivity index is 0.000000233. The number of ether oxygens (including phenoxy) is 3. The SMILES string of the molecule is COC(=O)c1nc(-c2ccc3ccn(C(=O)C(C)(C)C)c3c2F)c(F)c(N)c1Cl.COC(=O)c1nc(-c2ccc3ccn(C)c3c2F)c(F)c(N)c1Cl.COCC=O. The number of hydrogen-bond donors (Lipinski definition) is 2. The first kappa shape index (κ1) is 44.7. The average molecular weight is 848 g/mol. The number of fused-ring (bicyclic) bond motifs is 2. The maximum Gasteiger partial charge on any atom is 0.358 e. The number of carbonyl (C=O) groups is 4. The lowest BCUT2D eigenvalue weighted by Crippen LogP contribution is -2.26. The number of pyridine rings is 2. The molecule has 19 heteroatoms. The van der Waals surface area contributed by atoms with E-state index < -0.39 is 74.1 Å². The fraction of sp³-hybridized carbons (Fsp3) is 0.231. The van der Waals surface area contributed by atoms with Crippen LogP contribution in [-0.2, 0) is 26.1 Å². The van der Waals surface area contributed by atoms with E-state index in [0.717, 1.165) is 14.2 Å². The normalized spacial score (nSPS) is 11.1. The van der Waals surface area contributed by atoms with Gasteiger partial charge in [-0.25, -0.2) is 37.1 Å². The number of aldehydes is 1. The second-order valence-electron chi connectivity index (χ2n) is 13.2. The Kier molecular flexibility index (Phi) is 13.9. The molecule has 4 heterocycles. The first-order chi connectivity index (χ1) is 27.3. The maximum atomic E-state index is 15.5. The minimum Gasteiger partial charge on any atom is -0.464 e. The number of carbonyl (C=O) groups excluding carboxylic acids is 4. The number of rotatable bonds is 6. The van der Waals surface area contributed by atoms with E-state index in [1.54, 1.807) is 56.8 Å². The van der Waals surface area contributed by atoms with Gasteiger partial charge in [-0.2, -0.15) is 0 Å². The summed E-state index contributed by atoms with van der Waals surface area (Å²) in [5.41, 5.74) is 7.55. The molecule has 4 N–H and O–H groups in total. The monoisotopic (exact) mass is 846 g/mol. The molecule has 0 aliphatic carbocycles. The first-order valence-electron chi connectivity index (χ1n) is 16.7. The second kappa shape index (κ2) is 18.0. The summed E-state index contributed by atoms with van der Waals surface area (Å²) in [5, 5.41) is 0.294. The van der Waals surface area contributed by atoms with Gasteiger partial charge in [-0.15, -0.1) is 0 Å². The van der Waals surface area contributed by atoms with Crippen LogP contribution in [0.5, 0.6) is 0 Å². The highest BCUT2D eigenvalue weighted by Gasteiger charge is 2.29. The topological polar surface area (TPSA) is 184 Å². The molecule has 2 aromatic carbocycles. The molecule has 58 heavy (non-hydrogen) atoms. The van der Waals surface area contributed by atoms with Crippen LogP contribution < -0.4 is 11.5 Å². The van der Waals surface area contributed by atoms with Crippen molar-refractivity contribution in [2.45, 2.75) is 20.8 Å². The van der Waals surface area contributed by atoms with E-state index >= 15 is 4.39 Å². The molecule has 0 fully saturated rings. The third-order valence-electron chi connectivity index (χ3n) is 8.36. The van der Waals surface area contributed by atoms with Gasteiger partial charge in [0, 0.05) is 53.9 Å². The zero-order valence-electron chi connectivity index (χ0n) is 32.0. The van der Waals surface area contributed by atoms with E-state index in [1.165, 1.54) is 36.1 Å². The number of methoxy groups -OCH3 is 3. The minimum absolute atomic E-state index is 0.0308. The summed E-state index contributed by atoms with van der Waals surface area (Å²) in [4.78, 5) is 53.3. The zero-order chi connectivity index (χ0) is 43.4. The molecule has 0 bridgehead atoms. The number of nitrogens with two attached hydrogens (primary N) is 2. The quantitative estimate of drug-likeness (QED) is 0.0939. The van der Waals surface area contributed by atoms with Crippen LogP contribution in [0.15, 0.2) is 48.8 Å². The lowest BCUT2D eigenvalue weighted by atomic mass is 9.95. The van der Waals surface area contributed by atoms with Crippen LogP contribution in [0.25, 0.3) is 44.3 Å². The molecule has 0 aliphatic rings. The number of esters is 2.